The molecule has 0 unspecified atom stereocenters. The van der Waals surface area contributed by atoms with Gasteiger partial charge in [0.25, 0.3) is 0 Å². The van der Waals surface area contributed by atoms with E-state index in [1.807, 2.05) is 20.8 Å². The van der Waals surface area contributed by atoms with E-state index in [-0.39, 0.29) is 12.1 Å². The Bertz CT molecular complexity index is 545. The first-order chi connectivity index (χ1) is 15.9. The molecule has 33 heavy (non-hydrogen) atoms. The Morgan fingerprint density at radius 2 is 1.33 bits per heavy atom. The summed E-state index contributed by atoms with van der Waals surface area (Å²) in [5.41, 5.74) is 7.65. The van der Waals surface area contributed by atoms with Gasteiger partial charge in [0.1, 0.15) is 5.60 Å². The van der Waals surface area contributed by atoms with Gasteiger partial charge in [-0.2, -0.15) is 0 Å². The summed E-state index contributed by atoms with van der Waals surface area (Å²) >= 11 is 0. The van der Waals surface area contributed by atoms with Crippen LogP contribution in [0, 0.1) is 5.92 Å². The average molecular weight is 475 g/mol. The molecule has 192 valence electrons. The van der Waals surface area contributed by atoms with E-state index in [4.69, 9.17) is 34.0 Å². The molecule has 0 aliphatic heterocycles. The first-order valence-corrected chi connectivity index (χ1v) is 11.8. The van der Waals surface area contributed by atoms with E-state index in [0.29, 0.717) is 71.9 Å². The molecule has 1 aliphatic carbocycles. The van der Waals surface area contributed by atoms with Gasteiger partial charge in [-0.15, -0.1) is 0 Å². The highest BCUT2D eigenvalue weighted by molar-refractivity contribution is 5.68. The summed E-state index contributed by atoms with van der Waals surface area (Å²) in [6, 6.07) is 0.188. The number of hydrogen-bond donors (Lipinski definition) is 1. The molecule has 1 fully saturated rings. The zero-order valence-electron chi connectivity index (χ0n) is 20.5. The number of amides is 1. The first kappa shape index (κ1) is 29.4. The first-order valence-electron chi connectivity index (χ1n) is 11.8. The van der Waals surface area contributed by atoms with Crippen LogP contribution in [0.2, 0.25) is 0 Å². The van der Waals surface area contributed by atoms with E-state index in [1.165, 1.54) is 0 Å². The maximum absolute atomic E-state index is 11.9. The number of carbonyl (C=O) groups excluding carboxylic acids is 1. The normalized spacial score (nSPS) is 18.5. The summed E-state index contributed by atoms with van der Waals surface area (Å²) in [7, 11) is 0. The van der Waals surface area contributed by atoms with Gasteiger partial charge in [-0.3, -0.25) is 0 Å². The Morgan fingerprint density at radius 1 is 0.848 bits per heavy atom. The van der Waals surface area contributed by atoms with Crippen molar-refractivity contribution in [3.8, 4) is 0 Å². The lowest BCUT2D eigenvalue weighted by Gasteiger charge is -2.30. The van der Waals surface area contributed by atoms with Crippen molar-refractivity contribution in [3.05, 3.63) is 10.4 Å². The second-order valence-electron chi connectivity index (χ2n) is 8.84. The number of rotatable bonds is 18. The van der Waals surface area contributed by atoms with E-state index in [9.17, 15) is 4.79 Å². The van der Waals surface area contributed by atoms with Gasteiger partial charge in [0.15, 0.2) is 0 Å². The molecule has 0 aromatic heterocycles. The average Bonchev–Trinajstić information content (AvgIpc) is 2.75. The smallest absolute Gasteiger partial charge is 0.407 e. The second kappa shape index (κ2) is 18.8. The molecule has 0 heterocycles. The largest absolute Gasteiger partial charge is 0.444 e. The predicted molar refractivity (Wildman–Crippen MR) is 123 cm³/mol. The van der Waals surface area contributed by atoms with E-state index in [0.717, 1.165) is 32.3 Å². The van der Waals surface area contributed by atoms with Crippen LogP contribution >= 0.6 is 0 Å². The highest BCUT2D eigenvalue weighted by Gasteiger charge is 2.24. The van der Waals surface area contributed by atoms with Gasteiger partial charge in [0, 0.05) is 24.1 Å². The van der Waals surface area contributed by atoms with Crippen LogP contribution in [0.15, 0.2) is 5.11 Å². The molecule has 1 saturated carbocycles. The number of nitrogens with one attached hydrogen (secondary N) is 1. The van der Waals surface area contributed by atoms with Gasteiger partial charge < -0.3 is 33.7 Å². The molecule has 0 aromatic carbocycles. The monoisotopic (exact) mass is 474 g/mol. The molecule has 1 aliphatic rings. The third kappa shape index (κ3) is 18.5. The van der Waals surface area contributed by atoms with Crippen LogP contribution in [-0.2, 0) is 28.4 Å². The quantitative estimate of drug-likeness (QED) is 0.139. The summed E-state index contributed by atoms with van der Waals surface area (Å²) in [6.07, 6.45) is 3.66. The van der Waals surface area contributed by atoms with Crippen molar-refractivity contribution in [2.75, 3.05) is 72.6 Å². The second-order valence-corrected chi connectivity index (χ2v) is 8.84. The summed E-state index contributed by atoms with van der Waals surface area (Å²) in [4.78, 5) is 14.5. The van der Waals surface area contributed by atoms with Crippen LogP contribution in [0.4, 0.5) is 4.79 Å². The van der Waals surface area contributed by atoms with Crippen LogP contribution in [0.25, 0.3) is 10.4 Å². The van der Waals surface area contributed by atoms with Crippen LogP contribution in [0.3, 0.4) is 0 Å². The third-order valence-corrected chi connectivity index (χ3v) is 4.81. The van der Waals surface area contributed by atoms with Crippen LogP contribution in [0.1, 0.15) is 46.5 Å². The number of ether oxygens (including phenoxy) is 6. The Kier molecular flexibility index (Phi) is 16.7. The highest BCUT2D eigenvalue weighted by Crippen LogP contribution is 2.24. The van der Waals surface area contributed by atoms with E-state index < -0.39 is 5.60 Å². The van der Waals surface area contributed by atoms with Crippen molar-refractivity contribution in [2.24, 2.45) is 11.0 Å². The molecule has 0 aromatic rings. The molecule has 11 heteroatoms. The molecule has 0 spiro atoms. The number of nitrogens with zero attached hydrogens (tertiary/aromatic N) is 3. The topological polar surface area (TPSA) is 133 Å². The van der Waals surface area contributed by atoms with Crippen molar-refractivity contribution in [3.63, 3.8) is 0 Å². The van der Waals surface area contributed by atoms with Crippen molar-refractivity contribution < 1.29 is 33.2 Å². The minimum atomic E-state index is -0.468. The van der Waals surface area contributed by atoms with Crippen molar-refractivity contribution in [1.82, 2.24) is 5.32 Å². The van der Waals surface area contributed by atoms with Crippen molar-refractivity contribution in [2.45, 2.75) is 58.1 Å². The number of hydrogen-bond acceptors (Lipinski definition) is 8. The maximum atomic E-state index is 11.9. The fourth-order valence-corrected chi connectivity index (χ4v) is 3.23. The Balaban J connectivity index is 1.82. The fourth-order valence-electron chi connectivity index (χ4n) is 3.23. The third-order valence-electron chi connectivity index (χ3n) is 4.81. The molecule has 1 N–H and O–H groups in total. The molecular weight excluding hydrogens is 432 g/mol. The standard InChI is InChI=1S/C22H42N4O7/c1-22(2,3)33-21(27)25-20-6-4-19(5-7-20)18-32-17-16-31-15-14-30-13-12-29-11-10-28-9-8-24-26-23/h19-20H,4-18H2,1-3H3,(H,25,27). The van der Waals surface area contributed by atoms with Crippen molar-refractivity contribution >= 4 is 6.09 Å². The van der Waals surface area contributed by atoms with E-state index >= 15 is 0 Å². The van der Waals surface area contributed by atoms with E-state index in [1.54, 1.807) is 0 Å². The Morgan fingerprint density at radius 3 is 1.82 bits per heavy atom. The Hall–Kier alpha value is -1.62. The molecule has 1 rings (SSSR count). The van der Waals surface area contributed by atoms with Crippen LogP contribution < -0.4 is 5.32 Å². The van der Waals surface area contributed by atoms with Gasteiger partial charge in [-0.25, -0.2) is 4.79 Å². The van der Waals surface area contributed by atoms with Gasteiger partial charge >= 0.3 is 6.09 Å². The minimum absolute atomic E-state index is 0.188. The summed E-state index contributed by atoms with van der Waals surface area (Å²) in [5, 5.41) is 6.33. The number of carbonyl (C=O) groups is 1. The van der Waals surface area contributed by atoms with Gasteiger partial charge in [0.2, 0.25) is 0 Å². The molecule has 0 bridgehead atoms. The summed E-state index contributed by atoms with van der Waals surface area (Å²) in [5.74, 6) is 0.529. The zero-order chi connectivity index (χ0) is 24.2. The van der Waals surface area contributed by atoms with Gasteiger partial charge in [-0.1, -0.05) is 5.11 Å². The molecule has 0 saturated heterocycles. The lowest BCUT2D eigenvalue weighted by atomic mass is 9.86. The van der Waals surface area contributed by atoms with Gasteiger partial charge in [0.05, 0.1) is 59.5 Å². The molecule has 11 nitrogen and oxygen atoms in total. The van der Waals surface area contributed by atoms with Crippen LogP contribution in [-0.4, -0.2) is 90.3 Å². The maximum Gasteiger partial charge on any atom is 0.407 e. The molecular formula is C22H42N4O7. The van der Waals surface area contributed by atoms with Crippen LogP contribution in [0.5, 0.6) is 0 Å². The lowest BCUT2D eigenvalue weighted by molar-refractivity contribution is -0.0145. The zero-order valence-corrected chi connectivity index (χ0v) is 20.5. The molecule has 0 radical (unpaired) electrons. The summed E-state index contributed by atoms with van der Waals surface area (Å²) < 4.78 is 32.6. The number of alkyl carbamates (subject to hydrolysis) is 1. The lowest BCUT2D eigenvalue weighted by Crippen LogP contribution is -2.41. The SMILES string of the molecule is CC(C)(C)OC(=O)NC1CCC(COCCOCCOCCOCCOCCN=[N+]=[N-])CC1. The van der Waals surface area contributed by atoms with Crippen molar-refractivity contribution in [1.29, 1.82) is 0 Å². The Labute approximate surface area is 197 Å². The van der Waals surface area contributed by atoms with Gasteiger partial charge in [-0.05, 0) is 57.9 Å². The minimum Gasteiger partial charge on any atom is -0.444 e. The predicted octanol–water partition coefficient (Wildman–Crippen LogP) is 3.46. The summed E-state index contributed by atoms with van der Waals surface area (Å²) in [6.45, 7) is 11.2. The van der Waals surface area contributed by atoms with E-state index in [2.05, 4.69) is 15.3 Å². The highest BCUT2D eigenvalue weighted by atomic mass is 16.6. The number of azide groups is 1. The molecule has 1 amide bonds. The fraction of sp³-hybridized carbons (Fsp3) is 0.955. The molecule has 0 atom stereocenters.